The molecule has 1 atom stereocenters. The molecule has 0 radical (unpaired) electrons. The van der Waals surface area contributed by atoms with Gasteiger partial charge in [0.1, 0.15) is 18.5 Å². The highest BCUT2D eigenvalue weighted by Crippen LogP contribution is 2.22. The second-order valence-electron chi connectivity index (χ2n) is 6.44. The third kappa shape index (κ3) is 3.56. The normalized spacial score (nSPS) is 12.4. The van der Waals surface area contributed by atoms with Gasteiger partial charge in [-0.2, -0.15) is 10.2 Å². The first kappa shape index (κ1) is 17.2. The molecule has 0 aliphatic rings. The summed E-state index contributed by atoms with van der Waals surface area (Å²) >= 11 is 0. The van der Waals surface area contributed by atoms with Gasteiger partial charge < -0.3 is 10.2 Å². The van der Waals surface area contributed by atoms with Crippen LogP contribution in [0.1, 0.15) is 29.8 Å². The first-order chi connectivity index (χ1) is 12.0. The lowest BCUT2D eigenvalue weighted by Crippen LogP contribution is -2.21. The molecule has 0 aliphatic heterocycles. The maximum absolute atomic E-state index is 4.54. The van der Waals surface area contributed by atoms with Gasteiger partial charge in [0.15, 0.2) is 0 Å². The Hall–Kier alpha value is -2.67. The van der Waals surface area contributed by atoms with Crippen LogP contribution in [0.25, 0.3) is 5.69 Å². The Kier molecular flexibility index (Phi) is 4.85. The fourth-order valence-electron chi connectivity index (χ4n) is 3.09. The van der Waals surface area contributed by atoms with E-state index in [2.05, 4.69) is 63.5 Å². The number of aryl methyl sites for hydroxylation is 2. The number of hydrogen-bond acceptors (Lipinski definition) is 5. The summed E-state index contributed by atoms with van der Waals surface area (Å²) < 4.78 is 3.69. The Morgan fingerprint density at radius 2 is 1.92 bits per heavy atom. The summed E-state index contributed by atoms with van der Waals surface area (Å²) in [6, 6.07) is 8.60. The second kappa shape index (κ2) is 7.06. The van der Waals surface area contributed by atoms with E-state index in [0.29, 0.717) is 0 Å². The quantitative estimate of drug-likeness (QED) is 0.746. The van der Waals surface area contributed by atoms with Gasteiger partial charge in [0.25, 0.3) is 0 Å². The summed E-state index contributed by atoms with van der Waals surface area (Å²) in [6.07, 6.45) is 3.24. The molecule has 7 heteroatoms. The van der Waals surface area contributed by atoms with E-state index < -0.39 is 0 Å². The molecular weight excluding hydrogens is 314 g/mol. The highest BCUT2D eigenvalue weighted by Gasteiger charge is 2.16. The molecule has 0 saturated carbocycles. The van der Waals surface area contributed by atoms with E-state index in [-0.39, 0.29) is 6.04 Å². The Morgan fingerprint density at radius 3 is 2.52 bits per heavy atom. The lowest BCUT2D eigenvalue weighted by molar-refractivity contribution is 0.573. The zero-order chi connectivity index (χ0) is 18.0. The van der Waals surface area contributed by atoms with Gasteiger partial charge in [-0.1, -0.05) is 12.1 Å². The van der Waals surface area contributed by atoms with Crippen LogP contribution in [0.15, 0.2) is 36.9 Å². The van der Waals surface area contributed by atoms with Gasteiger partial charge in [-0.3, -0.25) is 4.68 Å². The molecule has 1 N–H and O–H groups in total. The molecule has 0 saturated heterocycles. The van der Waals surface area contributed by atoms with Crippen LogP contribution in [-0.4, -0.2) is 38.6 Å². The third-order valence-corrected chi connectivity index (χ3v) is 4.40. The topological polar surface area (TPSA) is 63.8 Å². The van der Waals surface area contributed by atoms with Crippen molar-refractivity contribution in [3.8, 4) is 5.69 Å². The van der Waals surface area contributed by atoms with Crippen molar-refractivity contribution in [1.29, 1.82) is 0 Å². The van der Waals surface area contributed by atoms with Crippen LogP contribution in [0.3, 0.4) is 0 Å². The fourth-order valence-corrected chi connectivity index (χ4v) is 3.09. The molecule has 0 bridgehead atoms. The van der Waals surface area contributed by atoms with Crippen molar-refractivity contribution in [1.82, 2.24) is 29.9 Å². The van der Waals surface area contributed by atoms with E-state index in [1.54, 1.807) is 11.0 Å². The van der Waals surface area contributed by atoms with Crippen molar-refractivity contribution in [2.75, 3.05) is 19.0 Å². The fraction of sp³-hybridized carbons (Fsp3) is 0.389. The van der Waals surface area contributed by atoms with Crippen molar-refractivity contribution in [2.24, 2.45) is 7.05 Å². The van der Waals surface area contributed by atoms with Gasteiger partial charge in [0.2, 0.25) is 0 Å². The van der Waals surface area contributed by atoms with Crippen molar-refractivity contribution in [3.05, 3.63) is 53.7 Å². The van der Waals surface area contributed by atoms with E-state index in [4.69, 9.17) is 0 Å². The monoisotopic (exact) mass is 339 g/mol. The second-order valence-corrected chi connectivity index (χ2v) is 6.44. The van der Waals surface area contributed by atoms with E-state index >= 15 is 0 Å². The van der Waals surface area contributed by atoms with Gasteiger partial charge in [0.05, 0.1) is 11.4 Å². The lowest BCUT2D eigenvalue weighted by Gasteiger charge is -2.18. The average Bonchev–Trinajstić information content (AvgIpc) is 3.20. The SMILES string of the molecule is Cc1nn(C)c(N(C)C)c1CN[C@H](C)c1ccc(-n2cncn2)cc1. The largest absolute Gasteiger partial charge is 0.363 e. The maximum atomic E-state index is 4.54. The van der Waals surface area contributed by atoms with Crippen LogP contribution in [0.2, 0.25) is 0 Å². The molecular formula is C18H25N7. The Morgan fingerprint density at radius 1 is 1.20 bits per heavy atom. The van der Waals surface area contributed by atoms with Gasteiger partial charge in [0, 0.05) is 39.3 Å². The summed E-state index contributed by atoms with van der Waals surface area (Å²) in [7, 11) is 6.08. The van der Waals surface area contributed by atoms with Gasteiger partial charge in [-0.25, -0.2) is 9.67 Å². The summed E-state index contributed by atoms with van der Waals surface area (Å²) in [5.74, 6) is 1.14. The summed E-state index contributed by atoms with van der Waals surface area (Å²) in [5.41, 5.74) is 4.54. The van der Waals surface area contributed by atoms with Crippen LogP contribution < -0.4 is 10.2 Å². The molecule has 2 heterocycles. The number of aromatic nitrogens is 5. The first-order valence-corrected chi connectivity index (χ1v) is 8.35. The number of rotatable bonds is 6. The molecule has 7 nitrogen and oxygen atoms in total. The molecule has 0 fully saturated rings. The van der Waals surface area contributed by atoms with Crippen molar-refractivity contribution >= 4 is 5.82 Å². The molecule has 25 heavy (non-hydrogen) atoms. The molecule has 0 amide bonds. The Labute approximate surface area is 148 Å². The molecule has 0 aliphatic carbocycles. The maximum Gasteiger partial charge on any atom is 0.138 e. The van der Waals surface area contributed by atoms with Crippen LogP contribution in [0.4, 0.5) is 5.82 Å². The van der Waals surface area contributed by atoms with Gasteiger partial charge >= 0.3 is 0 Å². The minimum Gasteiger partial charge on any atom is -0.363 e. The highest BCUT2D eigenvalue weighted by atomic mass is 15.4. The molecule has 0 spiro atoms. The molecule has 3 rings (SSSR count). The predicted octanol–water partition coefficient (Wildman–Crippen LogP) is 2.23. The number of anilines is 1. The summed E-state index contributed by atoms with van der Waals surface area (Å²) in [5, 5.41) is 12.3. The van der Waals surface area contributed by atoms with E-state index in [1.165, 1.54) is 17.5 Å². The van der Waals surface area contributed by atoms with Crippen LogP contribution in [-0.2, 0) is 13.6 Å². The van der Waals surface area contributed by atoms with E-state index in [1.807, 2.05) is 25.8 Å². The van der Waals surface area contributed by atoms with Crippen molar-refractivity contribution < 1.29 is 0 Å². The van der Waals surface area contributed by atoms with E-state index in [0.717, 1.165) is 23.7 Å². The Bertz CT molecular complexity index is 816. The molecule has 132 valence electrons. The van der Waals surface area contributed by atoms with Gasteiger partial charge in [-0.15, -0.1) is 0 Å². The third-order valence-electron chi connectivity index (χ3n) is 4.40. The molecule has 2 aromatic heterocycles. The van der Waals surface area contributed by atoms with Crippen LogP contribution >= 0.6 is 0 Å². The molecule has 0 unspecified atom stereocenters. The summed E-state index contributed by atoms with van der Waals surface area (Å²) in [6.45, 7) is 5.01. The predicted molar refractivity (Wildman–Crippen MR) is 98.9 cm³/mol. The number of benzene rings is 1. The van der Waals surface area contributed by atoms with Crippen molar-refractivity contribution in [3.63, 3.8) is 0 Å². The molecule has 1 aromatic carbocycles. The van der Waals surface area contributed by atoms with Crippen LogP contribution in [0, 0.1) is 6.92 Å². The number of nitrogens with one attached hydrogen (secondary N) is 1. The highest BCUT2D eigenvalue weighted by molar-refractivity contribution is 5.49. The zero-order valence-corrected chi connectivity index (χ0v) is 15.4. The van der Waals surface area contributed by atoms with Gasteiger partial charge in [-0.05, 0) is 31.5 Å². The first-order valence-electron chi connectivity index (χ1n) is 8.35. The van der Waals surface area contributed by atoms with Crippen molar-refractivity contribution in [2.45, 2.75) is 26.4 Å². The minimum atomic E-state index is 0.236. The van der Waals surface area contributed by atoms with Crippen LogP contribution in [0.5, 0.6) is 0 Å². The summed E-state index contributed by atoms with van der Waals surface area (Å²) in [4.78, 5) is 6.09. The lowest BCUT2D eigenvalue weighted by atomic mass is 10.1. The average molecular weight is 339 g/mol. The number of nitrogens with zero attached hydrogens (tertiary/aromatic N) is 6. The smallest absolute Gasteiger partial charge is 0.138 e. The van der Waals surface area contributed by atoms with E-state index in [9.17, 15) is 0 Å². The zero-order valence-electron chi connectivity index (χ0n) is 15.4. The Balaban J connectivity index is 1.70. The molecule has 3 aromatic rings. The standard InChI is InChI=1S/C18H25N7/c1-13(15-6-8-16(9-7-15)25-12-19-11-21-25)20-10-17-14(2)22-24(5)18(17)23(3)4/h6-9,11-13,20H,10H2,1-5H3/t13-/m1/s1. The minimum absolute atomic E-state index is 0.236. The number of hydrogen-bond donors (Lipinski definition) is 1.